The highest BCUT2D eigenvalue weighted by Crippen LogP contribution is 2.41. The van der Waals surface area contributed by atoms with Crippen LogP contribution in [0.4, 0.5) is 0 Å². The lowest BCUT2D eigenvalue weighted by molar-refractivity contribution is 0.0945. The van der Waals surface area contributed by atoms with E-state index in [-0.39, 0.29) is 5.91 Å². The Labute approximate surface area is 175 Å². The fourth-order valence-electron chi connectivity index (χ4n) is 3.50. The molecule has 0 aliphatic carbocycles. The van der Waals surface area contributed by atoms with E-state index in [9.17, 15) is 4.79 Å². The number of ether oxygens (including phenoxy) is 3. The van der Waals surface area contributed by atoms with Gasteiger partial charge in [0.2, 0.25) is 11.7 Å². The molecule has 4 aromatic rings. The van der Waals surface area contributed by atoms with E-state index >= 15 is 0 Å². The molecule has 0 aliphatic heterocycles. The number of carbonyl (C=O) groups is 1. The average Bonchev–Trinajstić information content (AvgIpc) is 3.07. The Kier molecular flexibility index (Phi) is 4.87. The lowest BCUT2D eigenvalue weighted by atomic mass is 10.1. The van der Waals surface area contributed by atoms with E-state index in [4.69, 9.17) is 14.2 Å². The van der Waals surface area contributed by atoms with Crippen molar-refractivity contribution < 1.29 is 19.0 Å². The van der Waals surface area contributed by atoms with Crippen molar-refractivity contribution in [1.29, 1.82) is 0 Å². The number of halogens is 1. The molecule has 0 aliphatic rings. The van der Waals surface area contributed by atoms with Crippen LogP contribution < -0.4 is 14.2 Å². The van der Waals surface area contributed by atoms with Gasteiger partial charge in [0.05, 0.1) is 32.5 Å². The van der Waals surface area contributed by atoms with Crippen LogP contribution >= 0.6 is 15.9 Å². The Balaban J connectivity index is 2.02. The molecular formula is C21H18BrN3O4. The standard InChI is InChI=1S/C21H18BrN3O4/c1-11(26)25-16-7-5-6-14(22)19(16)13-10-15(23-24-21(13)25)12-8-17(27-2)20(29-4)18(9-12)28-3/h5-10H,1-4H3. The Hall–Kier alpha value is -3.13. The van der Waals surface area contributed by atoms with Gasteiger partial charge in [-0.25, -0.2) is 0 Å². The minimum atomic E-state index is -0.127. The van der Waals surface area contributed by atoms with Gasteiger partial charge in [-0.3, -0.25) is 9.36 Å². The van der Waals surface area contributed by atoms with Gasteiger partial charge in [-0.2, -0.15) is 0 Å². The zero-order valence-electron chi connectivity index (χ0n) is 16.3. The first-order chi connectivity index (χ1) is 14.0. The van der Waals surface area contributed by atoms with Crippen LogP contribution in [-0.4, -0.2) is 42.0 Å². The predicted molar refractivity (Wildman–Crippen MR) is 114 cm³/mol. The minimum Gasteiger partial charge on any atom is -0.493 e. The molecule has 2 aromatic carbocycles. The number of rotatable bonds is 4. The quantitative estimate of drug-likeness (QED) is 0.443. The van der Waals surface area contributed by atoms with Crippen LogP contribution in [0.3, 0.4) is 0 Å². The summed E-state index contributed by atoms with van der Waals surface area (Å²) in [6.45, 7) is 1.51. The summed E-state index contributed by atoms with van der Waals surface area (Å²) in [4.78, 5) is 12.3. The summed E-state index contributed by atoms with van der Waals surface area (Å²) >= 11 is 3.60. The number of methoxy groups -OCH3 is 3. The molecule has 0 fully saturated rings. The molecule has 29 heavy (non-hydrogen) atoms. The van der Waals surface area contributed by atoms with Gasteiger partial charge in [0.15, 0.2) is 17.1 Å². The van der Waals surface area contributed by atoms with Crippen molar-refractivity contribution in [3.63, 3.8) is 0 Å². The molecule has 7 nitrogen and oxygen atoms in total. The van der Waals surface area contributed by atoms with Gasteiger partial charge in [0, 0.05) is 27.7 Å². The van der Waals surface area contributed by atoms with E-state index in [0.29, 0.717) is 28.6 Å². The van der Waals surface area contributed by atoms with E-state index in [1.165, 1.54) is 6.92 Å². The number of nitrogens with zero attached hydrogens (tertiary/aromatic N) is 3. The highest BCUT2D eigenvalue weighted by molar-refractivity contribution is 9.10. The van der Waals surface area contributed by atoms with Gasteiger partial charge in [-0.1, -0.05) is 22.0 Å². The van der Waals surface area contributed by atoms with Crippen LogP contribution in [0.2, 0.25) is 0 Å². The zero-order chi connectivity index (χ0) is 20.7. The van der Waals surface area contributed by atoms with Crippen LogP contribution in [-0.2, 0) is 0 Å². The summed E-state index contributed by atoms with van der Waals surface area (Å²) in [5, 5.41) is 10.5. The molecule has 0 unspecified atom stereocenters. The summed E-state index contributed by atoms with van der Waals surface area (Å²) in [6.07, 6.45) is 0. The first kappa shape index (κ1) is 19.2. The third-order valence-electron chi connectivity index (χ3n) is 4.76. The molecule has 0 saturated carbocycles. The van der Waals surface area contributed by atoms with Gasteiger partial charge in [-0.15, -0.1) is 10.2 Å². The fraction of sp³-hybridized carbons (Fsp3) is 0.190. The normalized spacial score (nSPS) is 11.1. The smallest absolute Gasteiger partial charge is 0.229 e. The largest absolute Gasteiger partial charge is 0.493 e. The van der Waals surface area contributed by atoms with Crippen LogP contribution in [0.25, 0.3) is 33.2 Å². The second-order valence-electron chi connectivity index (χ2n) is 6.37. The molecule has 2 aromatic heterocycles. The Bertz CT molecular complexity index is 1240. The third kappa shape index (κ3) is 3.00. The van der Waals surface area contributed by atoms with Gasteiger partial charge < -0.3 is 14.2 Å². The molecule has 4 rings (SSSR count). The molecule has 0 radical (unpaired) electrons. The highest BCUT2D eigenvalue weighted by Gasteiger charge is 2.20. The average molecular weight is 456 g/mol. The van der Waals surface area contributed by atoms with E-state index < -0.39 is 0 Å². The number of hydrogen-bond acceptors (Lipinski definition) is 6. The number of hydrogen-bond donors (Lipinski definition) is 0. The van der Waals surface area contributed by atoms with E-state index in [1.54, 1.807) is 25.9 Å². The van der Waals surface area contributed by atoms with Crippen molar-refractivity contribution in [1.82, 2.24) is 14.8 Å². The summed E-state index contributed by atoms with van der Waals surface area (Å²) in [5.41, 5.74) is 2.66. The molecular weight excluding hydrogens is 438 g/mol. The Morgan fingerprint density at radius 2 is 1.69 bits per heavy atom. The van der Waals surface area contributed by atoms with Gasteiger partial charge in [0.25, 0.3) is 0 Å². The van der Waals surface area contributed by atoms with E-state index in [2.05, 4.69) is 26.1 Å². The third-order valence-corrected chi connectivity index (χ3v) is 5.42. The van der Waals surface area contributed by atoms with Crippen LogP contribution in [0.1, 0.15) is 11.7 Å². The van der Waals surface area contributed by atoms with Crippen molar-refractivity contribution >= 4 is 43.8 Å². The number of benzene rings is 2. The first-order valence-electron chi connectivity index (χ1n) is 8.77. The highest BCUT2D eigenvalue weighted by atomic mass is 79.9. The first-order valence-corrected chi connectivity index (χ1v) is 9.57. The Morgan fingerprint density at radius 1 is 1.00 bits per heavy atom. The van der Waals surface area contributed by atoms with Crippen molar-refractivity contribution in [2.45, 2.75) is 6.92 Å². The maximum absolute atomic E-state index is 12.3. The topological polar surface area (TPSA) is 75.5 Å². The number of carbonyl (C=O) groups excluding carboxylic acids is 1. The van der Waals surface area contributed by atoms with Crippen molar-refractivity contribution in [2.75, 3.05) is 21.3 Å². The monoisotopic (exact) mass is 455 g/mol. The SMILES string of the molecule is COc1cc(-c2cc3c4c(Br)cccc4n(C(C)=O)c3nn2)cc(OC)c1OC. The fourth-order valence-corrected chi connectivity index (χ4v) is 4.07. The summed E-state index contributed by atoms with van der Waals surface area (Å²) < 4.78 is 18.7. The summed E-state index contributed by atoms with van der Waals surface area (Å²) in [6, 6.07) is 11.3. The van der Waals surface area contributed by atoms with E-state index in [1.807, 2.05) is 36.4 Å². The molecule has 2 heterocycles. The second kappa shape index (κ2) is 7.36. The second-order valence-corrected chi connectivity index (χ2v) is 7.22. The van der Waals surface area contributed by atoms with Crippen molar-refractivity contribution in [3.05, 3.63) is 40.9 Å². The number of aromatic nitrogens is 3. The van der Waals surface area contributed by atoms with Crippen LogP contribution in [0.5, 0.6) is 17.2 Å². The van der Waals surface area contributed by atoms with Gasteiger partial charge in [-0.05, 0) is 30.3 Å². The molecule has 0 amide bonds. The van der Waals surface area contributed by atoms with Crippen molar-refractivity contribution in [2.24, 2.45) is 0 Å². The molecule has 0 spiro atoms. The lowest BCUT2D eigenvalue weighted by Gasteiger charge is -2.13. The van der Waals surface area contributed by atoms with E-state index in [0.717, 1.165) is 26.3 Å². The van der Waals surface area contributed by atoms with Gasteiger partial charge >= 0.3 is 0 Å². The molecule has 0 N–H and O–H groups in total. The summed E-state index contributed by atoms with van der Waals surface area (Å²) in [5.74, 6) is 1.42. The Morgan fingerprint density at radius 3 is 2.28 bits per heavy atom. The molecule has 0 atom stereocenters. The molecule has 0 saturated heterocycles. The predicted octanol–water partition coefficient (Wildman–Crippen LogP) is 4.70. The molecule has 148 valence electrons. The van der Waals surface area contributed by atoms with Crippen molar-refractivity contribution in [3.8, 4) is 28.5 Å². The molecule has 8 heteroatoms. The maximum Gasteiger partial charge on any atom is 0.229 e. The van der Waals surface area contributed by atoms with Crippen LogP contribution in [0, 0.1) is 0 Å². The zero-order valence-corrected chi connectivity index (χ0v) is 17.9. The van der Waals surface area contributed by atoms with Crippen LogP contribution in [0.15, 0.2) is 40.9 Å². The minimum absolute atomic E-state index is 0.127. The number of fused-ring (bicyclic) bond motifs is 3. The van der Waals surface area contributed by atoms with Gasteiger partial charge in [0.1, 0.15) is 0 Å². The summed E-state index contributed by atoms with van der Waals surface area (Å²) in [7, 11) is 4.68. The lowest BCUT2D eigenvalue weighted by Crippen LogP contribution is -2.06. The maximum atomic E-state index is 12.3. The molecule has 0 bridgehead atoms.